The number of allylic oxidation sites excluding steroid dienone is 1. The van der Waals surface area contributed by atoms with Crippen molar-refractivity contribution in [1.82, 2.24) is 0 Å². The van der Waals surface area contributed by atoms with Gasteiger partial charge >= 0.3 is 0 Å². The Kier molecular flexibility index (Phi) is 8.09. The molecule has 0 unspecified atom stereocenters. The van der Waals surface area contributed by atoms with Gasteiger partial charge in [0.15, 0.2) is 5.75 Å². The standard InChI is InChI=1S/C22H16Cl4N2O3S/c1-27-13-17(9-14-5-3-2-4-6-14)31-22-19(25)11-16(12-20(22)26)28-32(29,30)21-8-7-15(23)10-18(21)24/h2-13,28H,1H3/b17-9+,27-13-. The molecule has 10 heteroatoms. The number of benzene rings is 3. The number of sulfonamides is 1. The molecule has 166 valence electrons. The molecule has 0 saturated carbocycles. The second-order valence-corrected chi connectivity index (χ2v) is 9.70. The summed E-state index contributed by atoms with van der Waals surface area (Å²) >= 11 is 24.6. The Balaban J connectivity index is 1.90. The summed E-state index contributed by atoms with van der Waals surface area (Å²) in [6.07, 6.45) is 3.28. The lowest BCUT2D eigenvalue weighted by Crippen LogP contribution is -2.13. The molecule has 1 N–H and O–H groups in total. The van der Waals surface area contributed by atoms with E-state index in [1.165, 1.54) is 36.5 Å². The predicted octanol–water partition coefficient (Wildman–Crippen LogP) is 7.22. The number of nitrogens with one attached hydrogen (secondary N) is 1. The molecule has 0 aromatic heterocycles. The average molecular weight is 530 g/mol. The van der Waals surface area contributed by atoms with Crippen LogP contribution in [0.25, 0.3) is 6.08 Å². The van der Waals surface area contributed by atoms with E-state index in [4.69, 9.17) is 51.1 Å². The number of rotatable bonds is 7. The van der Waals surface area contributed by atoms with E-state index >= 15 is 0 Å². The summed E-state index contributed by atoms with van der Waals surface area (Å²) < 4.78 is 33.7. The summed E-state index contributed by atoms with van der Waals surface area (Å²) in [5, 5.41) is 0.495. The third kappa shape index (κ3) is 6.18. The van der Waals surface area contributed by atoms with Gasteiger partial charge in [-0.3, -0.25) is 9.71 Å². The molecule has 3 rings (SSSR count). The lowest BCUT2D eigenvalue weighted by Gasteiger charge is -2.14. The Hall–Kier alpha value is -2.22. The van der Waals surface area contributed by atoms with E-state index in [2.05, 4.69) is 9.71 Å². The fraction of sp³-hybridized carbons (Fsp3) is 0.0455. The summed E-state index contributed by atoms with van der Waals surface area (Å²) in [4.78, 5) is 3.85. The minimum absolute atomic E-state index is 0.0170. The van der Waals surface area contributed by atoms with Gasteiger partial charge < -0.3 is 4.74 Å². The second kappa shape index (κ2) is 10.6. The first kappa shape index (κ1) is 24.4. The predicted molar refractivity (Wildman–Crippen MR) is 133 cm³/mol. The van der Waals surface area contributed by atoms with E-state index in [0.717, 1.165) is 5.56 Å². The molecular weight excluding hydrogens is 514 g/mol. The van der Waals surface area contributed by atoms with Gasteiger partial charge in [0, 0.05) is 12.1 Å². The van der Waals surface area contributed by atoms with Crippen LogP contribution in [0.1, 0.15) is 5.56 Å². The summed E-state index contributed by atoms with van der Waals surface area (Å²) in [7, 11) is -2.41. The van der Waals surface area contributed by atoms with Gasteiger partial charge in [-0.25, -0.2) is 8.42 Å². The highest BCUT2D eigenvalue weighted by atomic mass is 35.5. The number of halogens is 4. The van der Waals surface area contributed by atoms with Gasteiger partial charge in [0.2, 0.25) is 0 Å². The van der Waals surface area contributed by atoms with Gasteiger partial charge in [0.05, 0.1) is 27.0 Å². The molecule has 3 aromatic rings. The molecule has 0 spiro atoms. The Morgan fingerprint density at radius 1 is 0.938 bits per heavy atom. The highest BCUT2D eigenvalue weighted by Crippen LogP contribution is 2.38. The number of anilines is 1. The lowest BCUT2D eigenvalue weighted by molar-refractivity contribution is 0.462. The molecule has 0 heterocycles. The Morgan fingerprint density at radius 3 is 2.19 bits per heavy atom. The van der Waals surface area contributed by atoms with Gasteiger partial charge in [-0.2, -0.15) is 0 Å². The van der Waals surface area contributed by atoms with Crippen molar-refractivity contribution in [3.63, 3.8) is 0 Å². The highest BCUT2D eigenvalue weighted by molar-refractivity contribution is 7.92. The third-order valence-electron chi connectivity index (χ3n) is 4.02. The van der Waals surface area contributed by atoms with Crippen LogP contribution >= 0.6 is 46.4 Å². The van der Waals surface area contributed by atoms with Gasteiger partial charge in [-0.1, -0.05) is 76.7 Å². The Labute approximate surface area is 206 Å². The van der Waals surface area contributed by atoms with Crippen molar-refractivity contribution in [3.8, 4) is 5.75 Å². The highest BCUT2D eigenvalue weighted by Gasteiger charge is 2.20. The monoisotopic (exact) mass is 528 g/mol. The molecule has 3 aromatic carbocycles. The molecule has 0 radical (unpaired) electrons. The third-order valence-corrected chi connectivity index (χ3v) is 6.68. The summed E-state index contributed by atoms with van der Waals surface area (Å²) in [5.74, 6) is 0.548. The number of hydrogen-bond acceptors (Lipinski definition) is 4. The fourth-order valence-electron chi connectivity index (χ4n) is 2.67. The van der Waals surface area contributed by atoms with Crippen LogP contribution < -0.4 is 9.46 Å². The van der Waals surface area contributed by atoms with Crippen LogP contribution in [0.2, 0.25) is 20.1 Å². The maximum atomic E-state index is 12.7. The van der Waals surface area contributed by atoms with Crippen LogP contribution in [-0.4, -0.2) is 21.7 Å². The zero-order chi connectivity index (χ0) is 23.3. The number of aliphatic imine (C=N–C) groups is 1. The largest absolute Gasteiger partial charge is 0.453 e. The number of hydrogen-bond donors (Lipinski definition) is 1. The van der Waals surface area contributed by atoms with E-state index in [0.29, 0.717) is 10.8 Å². The van der Waals surface area contributed by atoms with Gasteiger partial charge in [0.25, 0.3) is 10.0 Å². The number of ether oxygens (including phenoxy) is 1. The van der Waals surface area contributed by atoms with Crippen LogP contribution in [0, 0.1) is 0 Å². The van der Waals surface area contributed by atoms with E-state index in [1.54, 1.807) is 13.1 Å². The molecule has 0 saturated heterocycles. The van der Waals surface area contributed by atoms with Crippen molar-refractivity contribution < 1.29 is 13.2 Å². The molecule has 0 bridgehead atoms. The van der Waals surface area contributed by atoms with E-state index in [1.807, 2.05) is 30.3 Å². The van der Waals surface area contributed by atoms with Crippen LogP contribution in [0.4, 0.5) is 5.69 Å². The maximum absolute atomic E-state index is 12.7. The normalized spacial score (nSPS) is 12.2. The Morgan fingerprint density at radius 2 is 1.59 bits per heavy atom. The first-order valence-electron chi connectivity index (χ1n) is 9.03. The zero-order valence-corrected chi connectivity index (χ0v) is 20.4. The van der Waals surface area contributed by atoms with Crippen molar-refractivity contribution in [2.24, 2.45) is 4.99 Å². The van der Waals surface area contributed by atoms with E-state index < -0.39 is 10.0 Å². The minimum atomic E-state index is -4.01. The topological polar surface area (TPSA) is 67.8 Å². The SMILES string of the molecule is C/N=C\C(=C/c1ccccc1)Oc1c(Cl)cc(NS(=O)(=O)c2ccc(Cl)cc2Cl)cc1Cl. The molecule has 0 aliphatic rings. The van der Waals surface area contributed by atoms with Crippen molar-refractivity contribution in [1.29, 1.82) is 0 Å². The average Bonchev–Trinajstić information content (AvgIpc) is 2.71. The molecule has 0 aliphatic carbocycles. The minimum Gasteiger partial charge on any atom is -0.453 e. The smallest absolute Gasteiger partial charge is 0.263 e. The second-order valence-electron chi connectivity index (χ2n) is 6.40. The summed E-state index contributed by atoms with van der Waals surface area (Å²) in [5.41, 5.74) is 1.02. The van der Waals surface area contributed by atoms with Crippen molar-refractivity contribution in [2.45, 2.75) is 4.90 Å². The Bertz CT molecular complexity index is 1270. The van der Waals surface area contributed by atoms with Crippen molar-refractivity contribution in [2.75, 3.05) is 11.8 Å². The fourth-order valence-corrected chi connectivity index (χ4v) is 5.05. The first-order chi connectivity index (χ1) is 15.2. The maximum Gasteiger partial charge on any atom is 0.263 e. The van der Waals surface area contributed by atoms with Crippen molar-refractivity contribution in [3.05, 3.63) is 92.1 Å². The first-order valence-corrected chi connectivity index (χ1v) is 12.0. The van der Waals surface area contributed by atoms with E-state index in [9.17, 15) is 8.42 Å². The molecular formula is C22H16Cl4N2O3S. The quantitative estimate of drug-likeness (QED) is 0.259. The molecule has 0 fully saturated rings. The molecule has 0 amide bonds. The summed E-state index contributed by atoms with van der Waals surface area (Å²) in [6.45, 7) is 0. The lowest BCUT2D eigenvalue weighted by atomic mass is 10.2. The molecule has 0 atom stereocenters. The number of nitrogens with zero attached hydrogens (tertiary/aromatic N) is 1. The molecule has 32 heavy (non-hydrogen) atoms. The van der Waals surface area contributed by atoms with Gasteiger partial charge in [0.1, 0.15) is 10.7 Å². The molecule has 0 aliphatic heterocycles. The molecule has 5 nitrogen and oxygen atoms in total. The van der Waals surface area contributed by atoms with Crippen LogP contribution in [0.5, 0.6) is 5.75 Å². The zero-order valence-electron chi connectivity index (χ0n) is 16.5. The van der Waals surface area contributed by atoms with Crippen molar-refractivity contribution >= 4 is 74.4 Å². The van der Waals surface area contributed by atoms with Gasteiger partial charge in [-0.05, 0) is 42.0 Å². The van der Waals surface area contributed by atoms with Gasteiger partial charge in [-0.15, -0.1) is 0 Å². The van der Waals surface area contributed by atoms with Crippen LogP contribution in [0.15, 0.2) is 76.3 Å². The van der Waals surface area contributed by atoms with E-state index in [-0.39, 0.29) is 31.4 Å². The van der Waals surface area contributed by atoms with Crippen LogP contribution in [0.3, 0.4) is 0 Å². The van der Waals surface area contributed by atoms with Crippen LogP contribution in [-0.2, 0) is 10.0 Å². The summed E-state index contributed by atoms with van der Waals surface area (Å²) in [6, 6.07) is 16.3.